The number of aromatic nitrogens is 2. The van der Waals surface area contributed by atoms with E-state index in [1.54, 1.807) is 36.4 Å². The van der Waals surface area contributed by atoms with Crippen molar-refractivity contribution in [2.75, 3.05) is 11.9 Å². The third-order valence-electron chi connectivity index (χ3n) is 3.27. The van der Waals surface area contributed by atoms with Gasteiger partial charge in [0.15, 0.2) is 6.61 Å². The van der Waals surface area contributed by atoms with E-state index in [9.17, 15) is 9.59 Å². The van der Waals surface area contributed by atoms with E-state index in [0.717, 1.165) is 11.7 Å². The molecule has 0 aliphatic carbocycles. The van der Waals surface area contributed by atoms with Crippen molar-refractivity contribution in [3.63, 3.8) is 0 Å². The van der Waals surface area contributed by atoms with Crippen molar-refractivity contribution >= 4 is 63.5 Å². The van der Waals surface area contributed by atoms with Crippen LogP contribution in [0.4, 0.5) is 5.69 Å². The van der Waals surface area contributed by atoms with Crippen LogP contribution in [0.1, 0.15) is 5.56 Å². The maximum atomic E-state index is 12.0. The number of nitrogens with zero attached hydrogens (tertiary/aromatic N) is 2. The Morgan fingerprint density at radius 1 is 1.16 bits per heavy atom. The van der Waals surface area contributed by atoms with Gasteiger partial charge in [0.05, 0.1) is 23.8 Å². The predicted octanol–water partition coefficient (Wildman–Crippen LogP) is 3.72. The van der Waals surface area contributed by atoms with Gasteiger partial charge in [-0.25, -0.2) is 0 Å². The normalized spacial score (nSPS) is 10.6. The molecule has 2 aromatic carbocycles. The average Bonchev–Trinajstić information content (AvgIpc) is 3.05. The number of esters is 1. The Morgan fingerprint density at radius 3 is 2.80 bits per heavy atom. The summed E-state index contributed by atoms with van der Waals surface area (Å²) in [4.78, 5) is 23.8. The number of rotatable bonds is 5. The van der Waals surface area contributed by atoms with Crippen molar-refractivity contribution in [3.05, 3.63) is 52.0 Å². The van der Waals surface area contributed by atoms with Crippen LogP contribution in [-0.4, -0.2) is 27.2 Å². The summed E-state index contributed by atoms with van der Waals surface area (Å²) in [5, 5.41) is 3.50. The highest BCUT2D eigenvalue weighted by Crippen LogP contribution is 2.22. The maximum absolute atomic E-state index is 12.0. The Hall–Kier alpha value is -2.22. The fourth-order valence-electron chi connectivity index (χ4n) is 2.11. The van der Waals surface area contributed by atoms with E-state index in [2.05, 4.69) is 14.1 Å². The summed E-state index contributed by atoms with van der Waals surface area (Å²) in [6, 6.07) is 10.1. The molecule has 6 nitrogen and oxygen atoms in total. The zero-order valence-electron chi connectivity index (χ0n) is 12.7. The zero-order valence-corrected chi connectivity index (χ0v) is 15.0. The van der Waals surface area contributed by atoms with Gasteiger partial charge in [0.25, 0.3) is 5.91 Å². The maximum Gasteiger partial charge on any atom is 0.310 e. The van der Waals surface area contributed by atoms with E-state index in [-0.39, 0.29) is 6.42 Å². The van der Waals surface area contributed by atoms with Crippen LogP contribution in [0.3, 0.4) is 0 Å². The lowest BCUT2D eigenvalue weighted by Gasteiger charge is -2.08. The van der Waals surface area contributed by atoms with E-state index in [1.807, 2.05) is 0 Å². The topological polar surface area (TPSA) is 81.2 Å². The number of nitrogens with one attached hydrogen (secondary N) is 1. The van der Waals surface area contributed by atoms with E-state index in [1.165, 1.54) is 0 Å². The number of hydrogen-bond donors (Lipinski definition) is 1. The predicted molar refractivity (Wildman–Crippen MR) is 97.2 cm³/mol. The Morgan fingerprint density at radius 2 is 2.00 bits per heavy atom. The third-order valence-corrected chi connectivity index (χ3v) is 4.40. The average molecular weight is 396 g/mol. The summed E-state index contributed by atoms with van der Waals surface area (Å²) in [6.07, 6.45) is -0.0468. The number of fused-ring (bicyclic) bond motifs is 1. The number of hydrogen-bond acceptors (Lipinski definition) is 6. The quantitative estimate of drug-likeness (QED) is 0.665. The van der Waals surface area contributed by atoms with Gasteiger partial charge < -0.3 is 10.1 Å². The number of ether oxygens (including phenoxy) is 1. The molecule has 3 rings (SSSR count). The van der Waals surface area contributed by atoms with Crippen molar-refractivity contribution in [3.8, 4) is 0 Å². The highest BCUT2D eigenvalue weighted by Gasteiger charge is 2.13. The molecule has 0 aliphatic heterocycles. The highest BCUT2D eigenvalue weighted by molar-refractivity contribution is 7.00. The molecule has 0 unspecified atom stereocenters. The summed E-state index contributed by atoms with van der Waals surface area (Å²) in [7, 11) is 0. The molecule has 1 amide bonds. The van der Waals surface area contributed by atoms with Crippen molar-refractivity contribution in [1.82, 2.24) is 8.75 Å². The van der Waals surface area contributed by atoms with Gasteiger partial charge in [-0.3, -0.25) is 9.59 Å². The minimum atomic E-state index is -0.562. The van der Waals surface area contributed by atoms with Gasteiger partial charge in [-0.2, -0.15) is 8.75 Å². The fraction of sp³-hybridized carbons (Fsp3) is 0.125. The van der Waals surface area contributed by atoms with Crippen LogP contribution < -0.4 is 5.32 Å². The molecule has 25 heavy (non-hydrogen) atoms. The molecule has 0 saturated heterocycles. The first-order valence-corrected chi connectivity index (χ1v) is 8.62. The first-order valence-electron chi connectivity index (χ1n) is 7.13. The number of carbonyl (C=O) groups excluding carboxylic acids is 2. The molecule has 0 bridgehead atoms. The lowest BCUT2D eigenvalue weighted by Crippen LogP contribution is -2.21. The number of amides is 1. The lowest BCUT2D eigenvalue weighted by atomic mass is 10.1. The second-order valence-electron chi connectivity index (χ2n) is 5.06. The Balaban J connectivity index is 1.55. The minimum Gasteiger partial charge on any atom is -0.455 e. The summed E-state index contributed by atoms with van der Waals surface area (Å²) in [6.45, 7) is -0.405. The Bertz CT molecular complexity index is 945. The molecule has 1 N–H and O–H groups in total. The second-order valence-corrected chi connectivity index (χ2v) is 6.43. The number of carbonyl (C=O) groups is 2. The molecule has 0 radical (unpaired) electrons. The number of halogens is 2. The van der Waals surface area contributed by atoms with Crippen LogP contribution in [0.2, 0.25) is 10.0 Å². The third kappa shape index (κ3) is 4.45. The zero-order chi connectivity index (χ0) is 17.8. The summed E-state index contributed by atoms with van der Waals surface area (Å²) in [5.74, 6) is -1.02. The minimum absolute atomic E-state index is 0.0468. The van der Waals surface area contributed by atoms with Crippen LogP contribution in [0.5, 0.6) is 0 Å². The molecule has 0 atom stereocenters. The molecule has 1 aromatic heterocycles. The molecular weight excluding hydrogens is 385 g/mol. The van der Waals surface area contributed by atoms with Gasteiger partial charge in [0.2, 0.25) is 0 Å². The molecule has 0 fully saturated rings. The smallest absolute Gasteiger partial charge is 0.310 e. The van der Waals surface area contributed by atoms with Crippen LogP contribution in [-0.2, 0) is 20.7 Å². The SMILES string of the molecule is O=C(COC(=O)Cc1ccc(Cl)cc1Cl)Nc1cccc2nsnc12. The van der Waals surface area contributed by atoms with E-state index in [4.69, 9.17) is 27.9 Å². The van der Waals surface area contributed by atoms with E-state index in [0.29, 0.717) is 32.3 Å². The van der Waals surface area contributed by atoms with Crippen LogP contribution >= 0.6 is 34.9 Å². The summed E-state index contributed by atoms with van der Waals surface area (Å²) >= 11 is 12.9. The molecule has 0 spiro atoms. The number of anilines is 1. The molecular formula is C16H11Cl2N3O3S. The first kappa shape index (κ1) is 17.6. The van der Waals surface area contributed by atoms with Gasteiger partial charge in [-0.15, -0.1) is 0 Å². The van der Waals surface area contributed by atoms with Crippen LogP contribution in [0.15, 0.2) is 36.4 Å². The molecule has 3 aromatic rings. The van der Waals surface area contributed by atoms with Gasteiger partial charge in [-0.05, 0) is 29.8 Å². The Kier molecular flexibility index (Phi) is 5.47. The van der Waals surface area contributed by atoms with E-state index < -0.39 is 18.5 Å². The summed E-state index contributed by atoms with van der Waals surface area (Å²) < 4.78 is 13.2. The monoisotopic (exact) mass is 395 g/mol. The Labute approximate surface area is 157 Å². The largest absolute Gasteiger partial charge is 0.455 e. The van der Waals surface area contributed by atoms with Crippen LogP contribution in [0.25, 0.3) is 11.0 Å². The second kappa shape index (κ2) is 7.77. The van der Waals surface area contributed by atoms with Crippen molar-refractivity contribution in [2.45, 2.75) is 6.42 Å². The van der Waals surface area contributed by atoms with E-state index >= 15 is 0 Å². The highest BCUT2D eigenvalue weighted by atomic mass is 35.5. The standard InChI is InChI=1S/C16H11Cl2N3O3S/c17-10-5-4-9(11(18)7-10)6-15(23)24-8-14(22)19-12-2-1-3-13-16(12)21-25-20-13/h1-5,7H,6,8H2,(H,19,22). The van der Waals surface area contributed by atoms with Crippen LogP contribution in [0, 0.1) is 0 Å². The van der Waals surface area contributed by atoms with Gasteiger partial charge in [-0.1, -0.05) is 35.3 Å². The van der Waals surface area contributed by atoms with Crippen molar-refractivity contribution < 1.29 is 14.3 Å². The van der Waals surface area contributed by atoms with Crippen molar-refractivity contribution in [2.24, 2.45) is 0 Å². The first-order chi connectivity index (χ1) is 12.0. The lowest BCUT2D eigenvalue weighted by molar-refractivity contribution is -0.146. The summed E-state index contributed by atoms with van der Waals surface area (Å²) in [5.41, 5.74) is 2.39. The molecule has 0 aliphatic rings. The number of benzene rings is 2. The van der Waals surface area contributed by atoms with Gasteiger partial charge in [0, 0.05) is 10.0 Å². The van der Waals surface area contributed by atoms with Gasteiger partial charge >= 0.3 is 5.97 Å². The molecule has 128 valence electrons. The fourth-order valence-corrected chi connectivity index (χ4v) is 3.14. The van der Waals surface area contributed by atoms with Gasteiger partial charge in [0.1, 0.15) is 11.0 Å². The molecule has 1 heterocycles. The van der Waals surface area contributed by atoms with Crippen molar-refractivity contribution in [1.29, 1.82) is 0 Å². The molecule has 9 heteroatoms. The molecule has 0 saturated carbocycles.